The lowest BCUT2D eigenvalue weighted by Crippen LogP contribution is -2.43. The van der Waals surface area contributed by atoms with Gasteiger partial charge in [0.05, 0.1) is 6.04 Å². The van der Waals surface area contributed by atoms with Crippen LogP contribution in [0.1, 0.15) is 25.3 Å². The molecule has 110 valence electrons. The highest BCUT2D eigenvalue weighted by molar-refractivity contribution is 5.82. The fourth-order valence-corrected chi connectivity index (χ4v) is 2.81. The van der Waals surface area contributed by atoms with E-state index in [2.05, 4.69) is 28.5 Å². The van der Waals surface area contributed by atoms with Crippen molar-refractivity contribution in [3.63, 3.8) is 0 Å². The molecule has 0 radical (unpaired) electrons. The molecule has 1 aromatic carbocycles. The van der Waals surface area contributed by atoms with E-state index >= 15 is 0 Å². The summed E-state index contributed by atoms with van der Waals surface area (Å²) < 4.78 is 0. The third-order valence-electron chi connectivity index (χ3n) is 4.11. The molecule has 1 saturated heterocycles. The molecule has 2 heterocycles. The number of nitrogens with one attached hydrogen (secondary N) is 1. The second-order valence-corrected chi connectivity index (χ2v) is 5.69. The molecule has 0 spiro atoms. The summed E-state index contributed by atoms with van der Waals surface area (Å²) in [6.07, 6.45) is 5.94. The van der Waals surface area contributed by atoms with Gasteiger partial charge >= 0.3 is 0 Å². The first-order chi connectivity index (χ1) is 10.2. The molecule has 1 N–H and O–H groups in total. The summed E-state index contributed by atoms with van der Waals surface area (Å²) in [4.78, 5) is 18.3. The lowest BCUT2D eigenvalue weighted by molar-refractivity contribution is -0.131. The predicted octanol–water partition coefficient (Wildman–Crippen LogP) is 2.34. The zero-order valence-corrected chi connectivity index (χ0v) is 12.4. The van der Waals surface area contributed by atoms with Crippen LogP contribution in [0.4, 0.5) is 0 Å². The van der Waals surface area contributed by atoms with Gasteiger partial charge in [-0.25, -0.2) is 0 Å². The average Bonchev–Trinajstić information content (AvgIpc) is 3.06. The lowest BCUT2D eigenvalue weighted by atomic mass is 10.1. The van der Waals surface area contributed by atoms with Crippen molar-refractivity contribution in [3.8, 4) is 0 Å². The number of hydrogen-bond donors (Lipinski definition) is 1. The van der Waals surface area contributed by atoms with Gasteiger partial charge in [-0.1, -0.05) is 12.1 Å². The number of carbonyl (C=O) groups excluding carboxylic acids is 1. The Bertz CT molecular complexity index is 635. The second-order valence-electron chi connectivity index (χ2n) is 5.69. The Labute approximate surface area is 125 Å². The number of aromatic nitrogens is 1. The van der Waals surface area contributed by atoms with Crippen LogP contribution in [0, 0.1) is 0 Å². The van der Waals surface area contributed by atoms with Crippen molar-refractivity contribution in [1.82, 2.24) is 15.2 Å². The van der Waals surface area contributed by atoms with Crippen LogP contribution in [-0.2, 0) is 11.3 Å². The number of likely N-dealkylation sites (tertiary alicyclic amines) is 1. The van der Waals surface area contributed by atoms with Crippen molar-refractivity contribution >= 4 is 16.7 Å². The Morgan fingerprint density at radius 3 is 2.90 bits per heavy atom. The van der Waals surface area contributed by atoms with E-state index in [0.29, 0.717) is 6.54 Å². The summed E-state index contributed by atoms with van der Waals surface area (Å²) in [6.45, 7) is 4.48. The van der Waals surface area contributed by atoms with E-state index in [9.17, 15) is 4.79 Å². The molecule has 0 aliphatic carbocycles. The number of fused-ring (bicyclic) bond motifs is 1. The van der Waals surface area contributed by atoms with Gasteiger partial charge in [-0.05, 0) is 42.8 Å². The SMILES string of the molecule is CC(NCc1ccc2cnccc2c1)C(=O)N1CCCC1. The summed E-state index contributed by atoms with van der Waals surface area (Å²) in [5.74, 6) is 0.220. The molecule has 1 atom stereocenters. The van der Waals surface area contributed by atoms with E-state index in [1.165, 1.54) is 10.9 Å². The average molecular weight is 283 g/mol. The fraction of sp³-hybridized carbons (Fsp3) is 0.412. The molecule has 1 aliphatic heterocycles. The summed E-state index contributed by atoms with van der Waals surface area (Å²) >= 11 is 0. The molecule has 4 nitrogen and oxygen atoms in total. The molecule has 1 fully saturated rings. The summed E-state index contributed by atoms with van der Waals surface area (Å²) in [6, 6.07) is 8.20. The van der Waals surface area contributed by atoms with Gasteiger partial charge in [0.25, 0.3) is 0 Å². The highest BCUT2D eigenvalue weighted by atomic mass is 16.2. The highest BCUT2D eigenvalue weighted by Crippen LogP contribution is 2.15. The number of hydrogen-bond acceptors (Lipinski definition) is 3. The minimum absolute atomic E-state index is 0.128. The summed E-state index contributed by atoms with van der Waals surface area (Å²) in [7, 11) is 0. The molecule has 2 aromatic rings. The van der Waals surface area contributed by atoms with Crippen molar-refractivity contribution < 1.29 is 4.79 Å². The molecule has 4 heteroatoms. The molecule has 3 rings (SSSR count). The quantitative estimate of drug-likeness (QED) is 0.936. The van der Waals surface area contributed by atoms with E-state index in [-0.39, 0.29) is 11.9 Å². The van der Waals surface area contributed by atoms with Gasteiger partial charge < -0.3 is 10.2 Å². The van der Waals surface area contributed by atoms with Gasteiger partial charge in [-0.15, -0.1) is 0 Å². The summed E-state index contributed by atoms with van der Waals surface area (Å²) in [5.41, 5.74) is 1.19. The van der Waals surface area contributed by atoms with E-state index in [1.54, 1.807) is 6.20 Å². The molecule has 1 amide bonds. The van der Waals surface area contributed by atoms with Crippen LogP contribution in [0.25, 0.3) is 10.8 Å². The van der Waals surface area contributed by atoms with Crippen LogP contribution in [-0.4, -0.2) is 34.9 Å². The van der Waals surface area contributed by atoms with E-state index < -0.39 is 0 Å². The van der Waals surface area contributed by atoms with Crippen LogP contribution >= 0.6 is 0 Å². The summed E-state index contributed by atoms with van der Waals surface area (Å²) in [5, 5.41) is 5.66. The molecule has 1 unspecified atom stereocenters. The molecule has 0 saturated carbocycles. The zero-order valence-electron chi connectivity index (χ0n) is 12.4. The van der Waals surface area contributed by atoms with Crippen molar-refractivity contribution in [2.24, 2.45) is 0 Å². The first kappa shape index (κ1) is 14.0. The van der Waals surface area contributed by atoms with Gasteiger partial charge in [0, 0.05) is 37.4 Å². The predicted molar refractivity (Wildman–Crippen MR) is 83.9 cm³/mol. The lowest BCUT2D eigenvalue weighted by Gasteiger charge is -2.21. The normalized spacial score (nSPS) is 16.3. The third kappa shape index (κ3) is 3.22. The minimum Gasteiger partial charge on any atom is -0.341 e. The van der Waals surface area contributed by atoms with Crippen LogP contribution in [0.5, 0.6) is 0 Å². The Hall–Kier alpha value is -1.94. The minimum atomic E-state index is -0.128. The Morgan fingerprint density at radius 2 is 2.10 bits per heavy atom. The van der Waals surface area contributed by atoms with Gasteiger partial charge in [-0.2, -0.15) is 0 Å². The van der Waals surface area contributed by atoms with Crippen LogP contribution < -0.4 is 5.32 Å². The smallest absolute Gasteiger partial charge is 0.239 e. The number of benzene rings is 1. The standard InChI is InChI=1S/C17H21N3O/c1-13(17(21)20-8-2-3-9-20)19-11-14-4-5-16-12-18-7-6-15(16)10-14/h4-7,10,12-13,19H,2-3,8-9,11H2,1H3. The number of amides is 1. The highest BCUT2D eigenvalue weighted by Gasteiger charge is 2.22. The molecular weight excluding hydrogens is 262 g/mol. The van der Waals surface area contributed by atoms with Gasteiger partial charge in [0.2, 0.25) is 5.91 Å². The zero-order chi connectivity index (χ0) is 14.7. The molecule has 21 heavy (non-hydrogen) atoms. The number of pyridine rings is 1. The third-order valence-corrected chi connectivity index (χ3v) is 4.11. The first-order valence-electron chi connectivity index (χ1n) is 7.59. The molecule has 1 aliphatic rings. The Balaban J connectivity index is 1.61. The van der Waals surface area contributed by atoms with Crippen molar-refractivity contribution in [2.75, 3.05) is 13.1 Å². The van der Waals surface area contributed by atoms with E-state index in [0.717, 1.165) is 31.3 Å². The first-order valence-corrected chi connectivity index (χ1v) is 7.59. The van der Waals surface area contributed by atoms with Gasteiger partial charge in [0.1, 0.15) is 0 Å². The Morgan fingerprint density at radius 1 is 1.29 bits per heavy atom. The van der Waals surface area contributed by atoms with Crippen molar-refractivity contribution in [1.29, 1.82) is 0 Å². The van der Waals surface area contributed by atoms with Crippen molar-refractivity contribution in [2.45, 2.75) is 32.4 Å². The Kier molecular flexibility index (Phi) is 4.15. The van der Waals surface area contributed by atoms with Crippen LogP contribution in [0.2, 0.25) is 0 Å². The monoisotopic (exact) mass is 283 g/mol. The number of nitrogens with zero attached hydrogens (tertiary/aromatic N) is 2. The second kappa shape index (κ2) is 6.22. The molecule has 1 aromatic heterocycles. The van der Waals surface area contributed by atoms with Crippen molar-refractivity contribution in [3.05, 3.63) is 42.2 Å². The maximum Gasteiger partial charge on any atom is 0.239 e. The van der Waals surface area contributed by atoms with Crippen LogP contribution in [0.3, 0.4) is 0 Å². The van der Waals surface area contributed by atoms with E-state index in [4.69, 9.17) is 0 Å². The van der Waals surface area contributed by atoms with Gasteiger partial charge in [0.15, 0.2) is 0 Å². The fourth-order valence-electron chi connectivity index (χ4n) is 2.81. The number of carbonyl (C=O) groups is 1. The molecule has 0 bridgehead atoms. The van der Waals surface area contributed by atoms with Gasteiger partial charge in [-0.3, -0.25) is 9.78 Å². The maximum absolute atomic E-state index is 12.2. The maximum atomic E-state index is 12.2. The molecular formula is C17H21N3O. The van der Waals surface area contributed by atoms with Crippen LogP contribution in [0.15, 0.2) is 36.7 Å². The van der Waals surface area contributed by atoms with E-state index in [1.807, 2.05) is 24.1 Å². The largest absolute Gasteiger partial charge is 0.341 e. The topological polar surface area (TPSA) is 45.2 Å². The number of rotatable bonds is 4.